The molecule has 1 fully saturated rings. The number of urea groups is 1. The minimum atomic E-state index is -0.922. The number of hydrogen-bond acceptors (Lipinski definition) is 5. The van der Waals surface area contributed by atoms with E-state index in [1.165, 1.54) is 6.07 Å². The van der Waals surface area contributed by atoms with Gasteiger partial charge in [0.1, 0.15) is 17.3 Å². The van der Waals surface area contributed by atoms with Crippen LogP contribution in [0.3, 0.4) is 0 Å². The fourth-order valence-electron chi connectivity index (χ4n) is 5.43. The second kappa shape index (κ2) is 11.5. The van der Waals surface area contributed by atoms with Crippen molar-refractivity contribution >= 4 is 27.8 Å². The van der Waals surface area contributed by atoms with Crippen molar-refractivity contribution in [3.05, 3.63) is 106 Å². The first-order chi connectivity index (χ1) is 20.2. The summed E-state index contributed by atoms with van der Waals surface area (Å²) >= 11 is 3.33. The predicted molar refractivity (Wildman–Crippen MR) is 157 cm³/mol. The zero-order chi connectivity index (χ0) is 29.4. The molecule has 12 heteroatoms. The third-order valence-electron chi connectivity index (χ3n) is 7.43. The molecule has 3 aromatic heterocycles. The van der Waals surface area contributed by atoms with E-state index in [0.29, 0.717) is 41.4 Å². The van der Waals surface area contributed by atoms with Gasteiger partial charge in [0.05, 0.1) is 24.5 Å². The highest BCUT2D eigenvalue weighted by atomic mass is 79.9. The first-order valence-corrected chi connectivity index (χ1v) is 14.2. The van der Waals surface area contributed by atoms with E-state index in [1.54, 1.807) is 21.6 Å². The molecule has 1 aliphatic heterocycles. The summed E-state index contributed by atoms with van der Waals surface area (Å²) in [5, 5.41) is 15.2. The molecule has 2 amide bonds. The number of para-hydroxylation sites is 1. The fraction of sp³-hybridized carbons (Fsp3) is 0.233. The van der Waals surface area contributed by atoms with Crippen molar-refractivity contribution in [2.45, 2.75) is 25.4 Å². The lowest BCUT2D eigenvalue weighted by molar-refractivity contribution is 0.246. The molecule has 4 heterocycles. The van der Waals surface area contributed by atoms with Gasteiger partial charge < -0.3 is 9.73 Å². The second-order valence-electron chi connectivity index (χ2n) is 10.4. The van der Waals surface area contributed by atoms with Crippen LogP contribution in [0.2, 0.25) is 0 Å². The molecule has 2 N–H and O–H groups in total. The third-order valence-corrected chi connectivity index (χ3v) is 7.85. The van der Waals surface area contributed by atoms with Crippen molar-refractivity contribution in [3.8, 4) is 16.9 Å². The van der Waals surface area contributed by atoms with E-state index >= 15 is 0 Å². The number of likely N-dealkylation sites (tertiary alicyclic amines) is 1. The van der Waals surface area contributed by atoms with Crippen molar-refractivity contribution in [2.24, 2.45) is 7.05 Å². The molecule has 0 aliphatic carbocycles. The van der Waals surface area contributed by atoms with Crippen LogP contribution in [0, 0.1) is 18.6 Å². The van der Waals surface area contributed by atoms with Crippen molar-refractivity contribution in [3.63, 3.8) is 0 Å². The van der Waals surface area contributed by atoms with Gasteiger partial charge in [0, 0.05) is 43.4 Å². The summed E-state index contributed by atoms with van der Waals surface area (Å²) in [6, 6.07) is 16.3. The Kier molecular flexibility index (Phi) is 7.65. The van der Waals surface area contributed by atoms with Crippen molar-refractivity contribution in [1.29, 1.82) is 0 Å². The summed E-state index contributed by atoms with van der Waals surface area (Å²) in [7, 11) is 1.83. The number of furan rings is 1. The number of hydrogen-bond donors (Lipinski definition) is 2. The number of aryl methyl sites for hydroxylation is 1. The van der Waals surface area contributed by atoms with Crippen LogP contribution in [0.1, 0.15) is 22.8 Å². The Morgan fingerprint density at radius 1 is 1.10 bits per heavy atom. The molecular weight excluding hydrogens is 608 g/mol. The lowest BCUT2D eigenvalue weighted by atomic mass is 9.94. The van der Waals surface area contributed by atoms with Gasteiger partial charge in [-0.1, -0.05) is 24.3 Å². The van der Waals surface area contributed by atoms with Gasteiger partial charge in [0.2, 0.25) is 0 Å². The highest BCUT2D eigenvalue weighted by Gasteiger charge is 2.36. The van der Waals surface area contributed by atoms with Gasteiger partial charge >= 0.3 is 6.03 Å². The summed E-state index contributed by atoms with van der Waals surface area (Å²) in [6.45, 7) is 3.39. The first-order valence-electron chi connectivity index (χ1n) is 13.4. The van der Waals surface area contributed by atoms with E-state index in [-0.39, 0.29) is 12.0 Å². The number of nitrogens with zero attached hydrogens (tertiary/aromatic N) is 5. The van der Waals surface area contributed by atoms with Gasteiger partial charge in [-0.3, -0.25) is 14.9 Å². The van der Waals surface area contributed by atoms with Crippen LogP contribution >= 0.6 is 15.9 Å². The Bertz CT molecular complexity index is 1730. The number of halogens is 3. The number of amides is 2. The van der Waals surface area contributed by atoms with Crippen LogP contribution in [0.15, 0.2) is 82.1 Å². The number of carbonyl (C=O) groups is 1. The molecular formula is C30H28BrF2N7O2. The van der Waals surface area contributed by atoms with Crippen molar-refractivity contribution in [1.82, 2.24) is 29.8 Å². The average Bonchev–Trinajstić information content (AvgIpc) is 3.75. The molecule has 6 rings (SSSR count). The maximum atomic E-state index is 14.2. The topological polar surface area (TPSA) is 93.2 Å². The highest BCUT2D eigenvalue weighted by molar-refractivity contribution is 9.10. The summed E-state index contributed by atoms with van der Waals surface area (Å²) in [6.07, 6.45) is 3.59. The van der Waals surface area contributed by atoms with Gasteiger partial charge in [0.15, 0.2) is 16.3 Å². The summed E-state index contributed by atoms with van der Waals surface area (Å²) in [4.78, 5) is 15.7. The molecule has 1 aliphatic rings. The van der Waals surface area contributed by atoms with E-state index in [9.17, 15) is 13.6 Å². The van der Waals surface area contributed by atoms with Crippen LogP contribution in [0.25, 0.3) is 16.9 Å². The largest absolute Gasteiger partial charge is 0.453 e. The van der Waals surface area contributed by atoms with Crippen LogP contribution in [0.5, 0.6) is 0 Å². The van der Waals surface area contributed by atoms with E-state index in [1.807, 2.05) is 62.6 Å². The van der Waals surface area contributed by atoms with Crippen LogP contribution in [-0.2, 0) is 13.6 Å². The quantitative estimate of drug-likeness (QED) is 0.229. The van der Waals surface area contributed by atoms with Crippen LogP contribution in [0.4, 0.5) is 19.4 Å². The van der Waals surface area contributed by atoms with Gasteiger partial charge in [-0.05, 0) is 64.8 Å². The molecule has 42 heavy (non-hydrogen) atoms. The van der Waals surface area contributed by atoms with Crippen molar-refractivity contribution < 1.29 is 18.0 Å². The lowest BCUT2D eigenvalue weighted by Crippen LogP contribution is -2.42. The first kappa shape index (κ1) is 27.9. The van der Waals surface area contributed by atoms with Gasteiger partial charge in [-0.2, -0.15) is 10.2 Å². The second-order valence-corrected chi connectivity index (χ2v) is 11.1. The number of carbonyl (C=O) groups excluding carboxylic acids is 1. The molecule has 1 saturated heterocycles. The zero-order valence-corrected chi connectivity index (χ0v) is 24.5. The Labute approximate surface area is 249 Å². The minimum Gasteiger partial charge on any atom is -0.453 e. The molecule has 5 aromatic rings. The van der Waals surface area contributed by atoms with E-state index in [4.69, 9.17) is 9.52 Å². The van der Waals surface area contributed by atoms with E-state index in [2.05, 4.69) is 36.6 Å². The minimum absolute atomic E-state index is 0.282. The Balaban J connectivity index is 1.28. The van der Waals surface area contributed by atoms with Crippen molar-refractivity contribution in [2.75, 3.05) is 18.4 Å². The van der Waals surface area contributed by atoms with Gasteiger partial charge in [0.25, 0.3) is 0 Å². The smallest absolute Gasteiger partial charge is 0.320 e. The molecule has 0 bridgehead atoms. The van der Waals surface area contributed by atoms with Crippen LogP contribution in [-0.4, -0.2) is 49.6 Å². The Hall–Kier alpha value is -4.29. The van der Waals surface area contributed by atoms with Gasteiger partial charge in [-0.25, -0.2) is 18.3 Å². The molecule has 2 atom stereocenters. The standard InChI is InChI=1S/C30H28BrF2N7O2/c1-18-28(20-13-34-38(2)14-20)37-40(21-6-4-3-5-7-21)29(18)36-30(41)35-26-17-39(15-22-9-11-27(31)42-22)16-23(26)19-8-10-24(32)25(33)12-19/h3-14,23,26H,15-17H2,1-2H3,(H2,35,36,41)/t23-,26?/m0/s1. The molecule has 1 unspecified atom stereocenters. The number of rotatable bonds is 7. The summed E-state index contributed by atoms with van der Waals surface area (Å²) < 4.78 is 37.7. The Morgan fingerprint density at radius 3 is 2.60 bits per heavy atom. The normalized spacial score (nSPS) is 17.1. The molecule has 0 radical (unpaired) electrons. The highest BCUT2D eigenvalue weighted by Crippen LogP contribution is 2.32. The van der Waals surface area contributed by atoms with E-state index in [0.717, 1.165) is 28.6 Å². The maximum Gasteiger partial charge on any atom is 0.320 e. The molecule has 2 aromatic carbocycles. The van der Waals surface area contributed by atoms with Gasteiger partial charge in [-0.15, -0.1) is 0 Å². The maximum absolute atomic E-state index is 14.2. The molecule has 0 saturated carbocycles. The Morgan fingerprint density at radius 2 is 1.90 bits per heavy atom. The third kappa shape index (κ3) is 5.72. The van der Waals surface area contributed by atoms with Crippen LogP contribution < -0.4 is 10.6 Å². The summed E-state index contributed by atoms with van der Waals surface area (Å²) in [5.74, 6) is -0.853. The zero-order valence-electron chi connectivity index (χ0n) is 22.9. The molecule has 0 spiro atoms. The molecule has 216 valence electrons. The SMILES string of the molecule is Cc1c(-c2cnn(C)c2)nn(-c2ccccc2)c1NC(=O)NC1CN(Cc2ccc(Br)o2)C[C@H]1c1ccc(F)c(F)c1. The number of anilines is 1. The lowest BCUT2D eigenvalue weighted by Gasteiger charge is -2.21. The summed E-state index contributed by atoms with van der Waals surface area (Å²) in [5.41, 5.74) is 3.67. The monoisotopic (exact) mass is 635 g/mol. The fourth-order valence-corrected chi connectivity index (χ4v) is 5.77. The number of nitrogens with one attached hydrogen (secondary N) is 2. The molecule has 9 nitrogen and oxygen atoms in total. The number of benzene rings is 2. The average molecular weight is 637 g/mol. The number of aromatic nitrogens is 4. The van der Waals surface area contributed by atoms with E-state index < -0.39 is 17.7 Å². The predicted octanol–water partition coefficient (Wildman–Crippen LogP) is 6.00.